The van der Waals surface area contributed by atoms with E-state index in [9.17, 15) is 34.1 Å². The van der Waals surface area contributed by atoms with Crippen LogP contribution in [0.3, 0.4) is 0 Å². The zero-order valence-corrected chi connectivity index (χ0v) is 33.3. The number of phosphoric acid groups is 1. The van der Waals surface area contributed by atoms with E-state index < -0.39 is 57.6 Å². The van der Waals surface area contributed by atoms with Gasteiger partial charge in [-0.1, -0.05) is 174 Å². The Morgan fingerprint density at radius 2 is 0.902 bits per heavy atom. The van der Waals surface area contributed by atoms with Gasteiger partial charge in [0.25, 0.3) is 0 Å². The highest BCUT2D eigenvalue weighted by Crippen LogP contribution is 2.43. The molecule has 0 aliphatic heterocycles. The minimum atomic E-state index is -4.73. The third kappa shape index (κ3) is 35.3. The molecule has 0 fully saturated rings. The van der Waals surface area contributed by atoms with Crippen molar-refractivity contribution in [3.63, 3.8) is 0 Å². The molecule has 0 aromatic carbocycles. The molecule has 0 saturated carbocycles. The molecule has 0 aromatic heterocycles. The van der Waals surface area contributed by atoms with Crippen molar-refractivity contribution in [2.24, 2.45) is 0 Å². The van der Waals surface area contributed by atoms with E-state index in [-0.39, 0.29) is 12.8 Å². The number of rotatable bonds is 39. The average Bonchev–Trinajstić information content (AvgIpc) is 3.10. The smallest absolute Gasteiger partial charge is 0.472 e. The molecule has 0 aromatic rings. The van der Waals surface area contributed by atoms with E-state index >= 15 is 0 Å². The van der Waals surface area contributed by atoms with Crippen molar-refractivity contribution in [1.82, 2.24) is 5.32 Å². The standard InChI is InChI=1S/C39H76NO10P/c1-3-5-7-9-11-12-13-14-15-16-17-18-19-20-21-22-23-24-25-27-29-31-38(43)48-32-35(41)33-49-51(46,47)50-34-36(39(44)45)40-37(42)30-28-26-10-8-6-4-2/h35-36,41H,3-34H2,1-2H3,(H,40,42)(H,44,45)(H,46,47). The monoisotopic (exact) mass is 750 g/mol. The fraction of sp³-hybridized carbons (Fsp3) is 0.923. The molecule has 3 unspecified atom stereocenters. The van der Waals surface area contributed by atoms with Gasteiger partial charge in [0.1, 0.15) is 12.7 Å². The summed E-state index contributed by atoms with van der Waals surface area (Å²) in [4.78, 5) is 45.4. The fourth-order valence-corrected chi connectivity index (χ4v) is 6.68. The van der Waals surface area contributed by atoms with Crippen LogP contribution in [0.5, 0.6) is 0 Å². The molecular weight excluding hydrogens is 673 g/mol. The molecule has 51 heavy (non-hydrogen) atoms. The van der Waals surface area contributed by atoms with Crippen LogP contribution in [0.25, 0.3) is 0 Å². The zero-order valence-electron chi connectivity index (χ0n) is 32.4. The molecule has 0 saturated heterocycles. The van der Waals surface area contributed by atoms with Crippen molar-refractivity contribution in [2.75, 3.05) is 19.8 Å². The number of aliphatic hydroxyl groups is 1. The highest BCUT2D eigenvalue weighted by atomic mass is 31.2. The average molecular weight is 750 g/mol. The summed E-state index contributed by atoms with van der Waals surface area (Å²) in [5.41, 5.74) is 0. The minimum Gasteiger partial charge on any atom is -0.480 e. The third-order valence-corrected chi connectivity index (χ3v) is 10.1. The SMILES string of the molecule is CCCCCCCCCCCCCCCCCCCCCCCC(=O)OCC(O)COP(=O)(O)OCC(NC(=O)CCCCCCCC)C(=O)O. The number of hydrogen-bond donors (Lipinski definition) is 4. The van der Waals surface area contributed by atoms with Crippen LogP contribution in [0.1, 0.15) is 200 Å². The van der Waals surface area contributed by atoms with Gasteiger partial charge < -0.3 is 25.2 Å². The lowest BCUT2D eigenvalue weighted by Crippen LogP contribution is -2.43. The molecule has 4 N–H and O–H groups in total. The van der Waals surface area contributed by atoms with Gasteiger partial charge in [0.2, 0.25) is 5.91 Å². The van der Waals surface area contributed by atoms with Crippen LogP contribution in [0.4, 0.5) is 0 Å². The molecule has 0 spiro atoms. The fourth-order valence-electron chi connectivity index (χ4n) is 5.90. The van der Waals surface area contributed by atoms with Gasteiger partial charge in [-0.25, -0.2) is 9.36 Å². The van der Waals surface area contributed by atoms with E-state index in [1.807, 2.05) is 0 Å². The maximum atomic E-state index is 12.2. The molecule has 1 amide bonds. The van der Waals surface area contributed by atoms with E-state index in [1.165, 1.54) is 109 Å². The van der Waals surface area contributed by atoms with Crippen LogP contribution in [0.2, 0.25) is 0 Å². The van der Waals surface area contributed by atoms with Gasteiger partial charge in [-0.05, 0) is 12.8 Å². The van der Waals surface area contributed by atoms with Gasteiger partial charge >= 0.3 is 19.8 Å². The Hall–Kier alpha value is -1.52. The lowest BCUT2D eigenvalue weighted by Gasteiger charge is -2.18. The van der Waals surface area contributed by atoms with E-state index in [1.54, 1.807) is 0 Å². The van der Waals surface area contributed by atoms with Crippen LogP contribution < -0.4 is 5.32 Å². The quantitative estimate of drug-likeness (QED) is 0.0270. The molecule has 0 heterocycles. The van der Waals surface area contributed by atoms with Crippen molar-refractivity contribution in [2.45, 2.75) is 212 Å². The summed E-state index contributed by atoms with van der Waals surface area (Å²) in [6.07, 6.45) is 31.9. The first-order valence-corrected chi connectivity index (χ1v) is 22.1. The Morgan fingerprint density at radius 1 is 0.549 bits per heavy atom. The van der Waals surface area contributed by atoms with Gasteiger partial charge in [-0.3, -0.25) is 18.6 Å². The largest absolute Gasteiger partial charge is 0.480 e. The lowest BCUT2D eigenvalue weighted by atomic mass is 10.0. The summed E-state index contributed by atoms with van der Waals surface area (Å²) in [6.45, 7) is 2.51. The summed E-state index contributed by atoms with van der Waals surface area (Å²) >= 11 is 0. The molecular formula is C39H76NO10P. The van der Waals surface area contributed by atoms with Crippen LogP contribution in [-0.2, 0) is 32.7 Å². The van der Waals surface area contributed by atoms with E-state index in [2.05, 4.69) is 19.2 Å². The van der Waals surface area contributed by atoms with Crippen LogP contribution in [0, 0.1) is 0 Å². The van der Waals surface area contributed by atoms with Crippen LogP contribution in [-0.4, -0.2) is 64.9 Å². The molecule has 0 aliphatic carbocycles. The number of carboxylic acid groups (broad SMARTS) is 1. The number of ether oxygens (including phenoxy) is 1. The molecule has 12 heteroatoms. The van der Waals surface area contributed by atoms with Gasteiger partial charge in [0.15, 0.2) is 6.04 Å². The molecule has 0 bridgehead atoms. The van der Waals surface area contributed by atoms with Crippen molar-refractivity contribution >= 4 is 25.7 Å². The number of aliphatic hydroxyl groups excluding tert-OH is 1. The Morgan fingerprint density at radius 3 is 1.29 bits per heavy atom. The minimum absolute atomic E-state index is 0.147. The number of carbonyl (C=O) groups is 3. The second-order valence-electron chi connectivity index (χ2n) is 14.2. The van der Waals surface area contributed by atoms with Crippen LogP contribution in [0.15, 0.2) is 0 Å². The summed E-state index contributed by atoms with van der Waals surface area (Å²) in [7, 11) is -4.73. The molecule has 11 nitrogen and oxygen atoms in total. The maximum Gasteiger partial charge on any atom is 0.472 e. The molecule has 3 atom stereocenters. The van der Waals surface area contributed by atoms with Gasteiger partial charge in [-0.2, -0.15) is 0 Å². The Balaban J connectivity index is 3.74. The normalized spacial score (nSPS) is 13.8. The molecule has 0 rings (SSSR count). The predicted molar refractivity (Wildman–Crippen MR) is 204 cm³/mol. The number of phosphoric ester groups is 1. The molecule has 302 valence electrons. The highest BCUT2D eigenvalue weighted by molar-refractivity contribution is 7.47. The number of aliphatic carboxylic acids is 1. The number of carboxylic acids is 1. The first kappa shape index (κ1) is 49.5. The molecule has 0 radical (unpaired) electrons. The van der Waals surface area contributed by atoms with E-state index in [0.29, 0.717) is 12.8 Å². The third-order valence-electron chi connectivity index (χ3n) is 9.15. The number of hydrogen-bond acceptors (Lipinski definition) is 8. The number of unbranched alkanes of at least 4 members (excludes halogenated alkanes) is 25. The summed E-state index contributed by atoms with van der Waals surface area (Å²) < 4.78 is 26.6. The summed E-state index contributed by atoms with van der Waals surface area (Å²) in [6, 6.07) is -1.54. The van der Waals surface area contributed by atoms with Crippen molar-refractivity contribution in [3.8, 4) is 0 Å². The number of carbonyl (C=O) groups excluding carboxylic acids is 2. The zero-order chi connectivity index (χ0) is 37.8. The maximum absolute atomic E-state index is 12.2. The Bertz CT molecular complexity index is 890. The molecule has 0 aliphatic rings. The topological polar surface area (TPSA) is 169 Å². The van der Waals surface area contributed by atoms with Gasteiger partial charge in [0.05, 0.1) is 13.2 Å². The van der Waals surface area contributed by atoms with Crippen molar-refractivity contribution in [3.05, 3.63) is 0 Å². The number of amides is 1. The first-order chi connectivity index (χ1) is 24.6. The summed E-state index contributed by atoms with van der Waals surface area (Å²) in [5.74, 6) is -2.37. The predicted octanol–water partition coefficient (Wildman–Crippen LogP) is 9.95. The van der Waals surface area contributed by atoms with Gasteiger partial charge in [0, 0.05) is 12.8 Å². The Labute approximate surface area is 310 Å². The van der Waals surface area contributed by atoms with Crippen molar-refractivity contribution in [1.29, 1.82) is 0 Å². The van der Waals surface area contributed by atoms with Gasteiger partial charge in [-0.15, -0.1) is 0 Å². The summed E-state index contributed by atoms with van der Waals surface area (Å²) in [5, 5.41) is 21.6. The Kier molecular flexibility index (Phi) is 34.4. The van der Waals surface area contributed by atoms with E-state index in [0.717, 1.165) is 51.4 Å². The lowest BCUT2D eigenvalue weighted by molar-refractivity contribution is -0.147. The number of esters is 1. The highest BCUT2D eigenvalue weighted by Gasteiger charge is 2.28. The van der Waals surface area contributed by atoms with Crippen LogP contribution >= 0.6 is 7.82 Å². The number of nitrogens with one attached hydrogen (secondary N) is 1. The van der Waals surface area contributed by atoms with E-state index in [4.69, 9.17) is 13.8 Å². The second kappa shape index (κ2) is 35.5. The van der Waals surface area contributed by atoms with Crippen molar-refractivity contribution < 1.29 is 47.8 Å². The second-order valence-corrected chi connectivity index (χ2v) is 15.6. The first-order valence-electron chi connectivity index (χ1n) is 20.6.